The summed E-state index contributed by atoms with van der Waals surface area (Å²) in [4.78, 5) is 15.0. The van der Waals surface area contributed by atoms with Crippen molar-refractivity contribution in [3.8, 4) is 0 Å². The molecule has 0 spiro atoms. The summed E-state index contributed by atoms with van der Waals surface area (Å²) in [6.45, 7) is 5.24. The Kier molecular flexibility index (Phi) is 7.31. The van der Waals surface area contributed by atoms with Crippen LogP contribution in [-0.4, -0.2) is 53.6 Å². The first-order valence-corrected chi connectivity index (χ1v) is 10.7. The van der Waals surface area contributed by atoms with Crippen LogP contribution in [0.4, 0.5) is 4.79 Å². The molecular formula is C24H29N5O2. The lowest BCUT2D eigenvalue weighted by Gasteiger charge is -2.31. The third-order valence-corrected chi connectivity index (χ3v) is 5.43. The van der Waals surface area contributed by atoms with E-state index in [-0.39, 0.29) is 12.1 Å². The van der Waals surface area contributed by atoms with E-state index in [1.54, 1.807) is 6.20 Å². The van der Waals surface area contributed by atoms with Gasteiger partial charge in [-0.15, -0.1) is 0 Å². The molecule has 0 bridgehead atoms. The van der Waals surface area contributed by atoms with Crippen LogP contribution in [-0.2, 0) is 17.8 Å². The molecule has 0 radical (unpaired) electrons. The molecule has 1 aromatic heterocycles. The van der Waals surface area contributed by atoms with Gasteiger partial charge in [0.05, 0.1) is 25.8 Å². The number of nitrogens with one attached hydrogen (secondary N) is 2. The molecule has 1 fully saturated rings. The number of carbonyl (C=O) groups is 1. The van der Waals surface area contributed by atoms with Gasteiger partial charge >= 0.3 is 6.03 Å². The van der Waals surface area contributed by atoms with Crippen molar-refractivity contribution in [2.24, 2.45) is 0 Å². The number of hydrogen-bond acceptors (Lipinski definition) is 4. The number of rotatable bonds is 8. The largest absolute Gasteiger partial charge is 0.379 e. The van der Waals surface area contributed by atoms with Crippen LogP contribution >= 0.6 is 0 Å². The monoisotopic (exact) mass is 419 g/mol. The Morgan fingerprint density at radius 3 is 2.45 bits per heavy atom. The van der Waals surface area contributed by atoms with E-state index in [2.05, 4.69) is 44.9 Å². The van der Waals surface area contributed by atoms with Crippen molar-refractivity contribution in [2.45, 2.75) is 19.1 Å². The third-order valence-electron chi connectivity index (χ3n) is 5.43. The number of aromatic nitrogens is 2. The van der Waals surface area contributed by atoms with E-state index in [1.807, 2.05) is 47.3 Å². The molecule has 3 aromatic rings. The molecule has 1 unspecified atom stereocenters. The summed E-state index contributed by atoms with van der Waals surface area (Å²) in [6, 6.07) is 20.0. The lowest BCUT2D eigenvalue weighted by molar-refractivity contribution is 0.0340. The van der Waals surface area contributed by atoms with Gasteiger partial charge in [0.1, 0.15) is 0 Å². The molecule has 2 aromatic carbocycles. The zero-order chi connectivity index (χ0) is 21.3. The average molecular weight is 420 g/mol. The predicted octanol–water partition coefficient (Wildman–Crippen LogP) is 2.80. The first-order valence-electron chi connectivity index (χ1n) is 10.7. The molecule has 1 aliphatic heterocycles. The summed E-state index contributed by atoms with van der Waals surface area (Å²) < 4.78 is 7.33. The van der Waals surface area contributed by atoms with Gasteiger partial charge in [-0.1, -0.05) is 54.6 Å². The maximum Gasteiger partial charge on any atom is 0.315 e. The number of hydrogen-bond donors (Lipinski definition) is 2. The fourth-order valence-corrected chi connectivity index (χ4v) is 3.70. The molecule has 162 valence electrons. The van der Waals surface area contributed by atoms with Crippen LogP contribution in [0.1, 0.15) is 22.7 Å². The normalized spacial score (nSPS) is 15.4. The Hall–Kier alpha value is -3.16. The molecule has 0 aliphatic carbocycles. The van der Waals surface area contributed by atoms with E-state index in [9.17, 15) is 4.79 Å². The minimum Gasteiger partial charge on any atom is -0.379 e. The van der Waals surface area contributed by atoms with Crippen molar-refractivity contribution in [3.05, 3.63) is 89.7 Å². The molecular weight excluding hydrogens is 390 g/mol. The van der Waals surface area contributed by atoms with Crippen LogP contribution in [0, 0.1) is 0 Å². The number of carbonyl (C=O) groups excluding carboxylic acids is 1. The van der Waals surface area contributed by atoms with E-state index in [0.29, 0.717) is 6.54 Å². The van der Waals surface area contributed by atoms with Crippen molar-refractivity contribution >= 4 is 6.03 Å². The second kappa shape index (κ2) is 10.7. The van der Waals surface area contributed by atoms with Gasteiger partial charge in [-0.25, -0.2) is 4.79 Å². The Morgan fingerprint density at radius 2 is 1.74 bits per heavy atom. The molecule has 2 heterocycles. The molecule has 1 atom stereocenters. The Bertz CT molecular complexity index is 922. The Balaban J connectivity index is 1.30. The number of morpholine rings is 1. The Morgan fingerprint density at radius 1 is 1.00 bits per heavy atom. The van der Waals surface area contributed by atoms with Crippen LogP contribution in [0.3, 0.4) is 0 Å². The van der Waals surface area contributed by atoms with Gasteiger partial charge in [-0.3, -0.25) is 9.58 Å². The third kappa shape index (κ3) is 6.41. The molecule has 4 rings (SSSR count). The molecule has 0 saturated carbocycles. The van der Waals surface area contributed by atoms with Gasteiger partial charge < -0.3 is 15.4 Å². The highest BCUT2D eigenvalue weighted by Crippen LogP contribution is 2.15. The standard InChI is InChI=1S/C24H29N5O2/c30-24(25-17-20-7-9-21(10-8-20)18-29-12-4-11-26-29)27-23(22-5-2-1-3-6-22)19-28-13-15-31-16-14-28/h1-12,23H,13-19H2,(H2,25,27,30). The second-order valence-corrected chi connectivity index (χ2v) is 7.72. The number of ether oxygens (including phenoxy) is 1. The van der Waals surface area contributed by atoms with Crippen LogP contribution in [0.15, 0.2) is 73.1 Å². The predicted molar refractivity (Wildman–Crippen MR) is 120 cm³/mol. The second-order valence-electron chi connectivity index (χ2n) is 7.72. The molecule has 1 aliphatic rings. The zero-order valence-electron chi connectivity index (χ0n) is 17.6. The van der Waals surface area contributed by atoms with Crippen molar-refractivity contribution in [1.29, 1.82) is 0 Å². The SMILES string of the molecule is O=C(NCc1ccc(Cn2cccn2)cc1)NC(CN1CCOCC1)c1ccccc1. The summed E-state index contributed by atoms with van der Waals surface area (Å²) in [5.74, 6) is 0. The molecule has 1 saturated heterocycles. The van der Waals surface area contributed by atoms with Gasteiger partial charge in [-0.2, -0.15) is 5.10 Å². The van der Waals surface area contributed by atoms with E-state index in [1.165, 1.54) is 5.56 Å². The molecule has 31 heavy (non-hydrogen) atoms. The fourth-order valence-electron chi connectivity index (χ4n) is 3.70. The van der Waals surface area contributed by atoms with Crippen molar-refractivity contribution in [2.75, 3.05) is 32.8 Å². The van der Waals surface area contributed by atoms with E-state index >= 15 is 0 Å². The van der Waals surface area contributed by atoms with Crippen LogP contribution in [0.2, 0.25) is 0 Å². The average Bonchev–Trinajstić information content (AvgIpc) is 3.33. The van der Waals surface area contributed by atoms with Crippen LogP contribution in [0.5, 0.6) is 0 Å². The van der Waals surface area contributed by atoms with Crippen LogP contribution in [0.25, 0.3) is 0 Å². The fraction of sp³-hybridized carbons (Fsp3) is 0.333. The number of amides is 2. The highest BCUT2D eigenvalue weighted by molar-refractivity contribution is 5.74. The molecule has 2 amide bonds. The summed E-state index contributed by atoms with van der Waals surface area (Å²) in [6.07, 6.45) is 3.72. The van der Waals surface area contributed by atoms with Gasteiger partial charge in [-0.05, 0) is 22.8 Å². The minimum absolute atomic E-state index is 0.0734. The van der Waals surface area contributed by atoms with Crippen molar-refractivity contribution in [3.63, 3.8) is 0 Å². The first kappa shape index (κ1) is 21.1. The maximum atomic E-state index is 12.6. The first-order chi connectivity index (χ1) is 15.3. The highest BCUT2D eigenvalue weighted by atomic mass is 16.5. The molecule has 7 heteroatoms. The minimum atomic E-state index is -0.164. The highest BCUT2D eigenvalue weighted by Gasteiger charge is 2.20. The van der Waals surface area contributed by atoms with Gasteiger partial charge in [0.15, 0.2) is 0 Å². The summed E-state index contributed by atoms with van der Waals surface area (Å²) in [7, 11) is 0. The smallest absolute Gasteiger partial charge is 0.315 e. The zero-order valence-corrected chi connectivity index (χ0v) is 17.6. The lowest BCUT2D eigenvalue weighted by Crippen LogP contribution is -2.45. The molecule has 7 nitrogen and oxygen atoms in total. The van der Waals surface area contributed by atoms with Gasteiger partial charge in [0, 0.05) is 38.6 Å². The van der Waals surface area contributed by atoms with Gasteiger partial charge in [0.25, 0.3) is 0 Å². The molecule has 2 N–H and O–H groups in total. The quantitative estimate of drug-likeness (QED) is 0.589. The summed E-state index contributed by atoms with van der Waals surface area (Å²) in [5.41, 5.74) is 3.34. The number of urea groups is 1. The number of benzene rings is 2. The van der Waals surface area contributed by atoms with E-state index < -0.39 is 0 Å². The van der Waals surface area contributed by atoms with E-state index in [0.717, 1.165) is 50.5 Å². The van der Waals surface area contributed by atoms with Gasteiger partial charge in [0.2, 0.25) is 0 Å². The topological polar surface area (TPSA) is 71.4 Å². The van der Waals surface area contributed by atoms with Crippen molar-refractivity contribution < 1.29 is 9.53 Å². The van der Waals surface area contributed by atoms with E-state index in [4.69, 9.17) is 4.74 Å². The lowest BCUT2D eigenvalue weighted by atomic mass is 10.1. The summed E-state index contributed by atoms with van der Waals surface area (Å²) >= 11 is 0. The summed E-state index contributed by atoms with van der Waals surface area (Å²) in [5, 5.41) is 10.4. The Labute approximate surface area is 183 Å². The number of nitrogens with zero attached hydrogens (tertiary/aromatic N) is 3. The van der Waals surface area contributed by atoms with Crippen molar-refractivity contribution in [1.82, 2.24) is 25.3 Å². The maximum absolute atomic E-state index is 12.6. The van der Waals surface area contributed by atoms with Crippen LogP contribution < -0.4 is 10.6 Å².